The number of pyridine rings is 1. The summed E-state index contributed by atoms with van der Waals surface area (Å²) in [6.07, 6.45) is 4.61. The Bertz CT molecular complexity index is 1460. The third-order valence-electron chi connectivity index (χ3n) is 5.90. The molecule has 188 valence electrons. The Kier molecular flexibility index (Phi) is 7.16. The predicted octanol–water partition coefficient (Wildman–Crippen LogP) is 3.93. The average molecular weight is 518 g/mol. The van der Waals surface area contributed by atoms with Crippen molar-refractivity contribution in [1.82, 2.24) is 20.2 Å². The van der Waals surface area contributed by atoms with Gasteiger partial charge in [0.25, 0.3) is 5.91 Å². The van der Waals surface area contributed by atoms with Gasteiger partial charge in [0.15, 0.2) is 5.58 Å². The Balaban J connectivity index is 1.26. The van der Waals surface area contributed by atoms with Gasteiger partial charge in [-0.3, -0.25) is 9.59 Å². The molecule has 0 bridgehead atoms. The zero-order valence-corrected chi connectivity index (χ0v) is 20.6. The second-order valence-corrected chi connectivity index (χ2v) is 8.87. The molecule has 2 aromatic carbocycles. The molecule has 1 fully saturated rings. The summed E-state index contributed by atoms with van der Waals surface area (Å²) in [5, 5.41) is 3.14. The van der Waals surface area contributed by atoms with Gasteiger partial charge in [-0.2, -0.15) is 0 Å². The van der Waals surface area contributed by atoms with Crippen molar-refractivity contribution in [3.05, 3.63) is 82.8 Å². The molecule has 0 radical (unpaired) electrons. The van der Waals surface area contributed by atoms with E-state index in [1.165, 1.54) is 6.08 Å². The molecule has 2 aromatic heterocycles. The Morgan fingerprint density at radius 2 is 1.86 bits per heavy atom. The van der Waals surface area contributed by atoms with E-state index >= 15 is 0 Å². The molecule has 0 unspecified atom stereocenters. The highest BCUT2D eigenvalue weighted by atomic mass is 35.5. The molecule has 10 heteroatoms. The molecule has 0 saturated carbocycles. The van der Waals surface area contributed by atoms with E-state index in [9.17, 15) is 9.59 Å². The number of nitrogens with two attached hydrogens (primary N) is 1. The minimum Gasteiger partial charge on any atom is -0.437 e. The lowest BCUT2D eigenvalue weighted by Gasteiger charge is -2.26. The zero-order chi connectivity index (χ0) is 25.8. The summed E-state index contributed by atoms with van der Waals surface area (Å²) in [5.74, 6) is 0.427. The molecule has 9 nitrogen and oxygen atoms in total. The maximum Gasteiger partial charge on any atom is 0.254 e. The predicted molar refractivity (Wildman–Crippen MR) is 141 cm³/mol. The molecule has 4 aromatic rings. The number of amides is 2. The van der Waals surface area contributed by atoms with E-state index in [2.05, 4.69) is 15.3 Å². The number of oxazole rings is 1. The van der Waals surface area contributed by atoms with Gasteiger partial charge in [0, 0.05) is 30.9 Å². The van der Waals surface area contributed by atoms with Crippen LogP contribution in [0.2, 0.25) is 5.02 Å². The Morgan fingerprint density at radius 1 is 1.08 bits per heavy atom. The topological polar surface area (TPSA) is 124 Å². The number of anilines is 1. The van der Waals surface area contributed by atoms with Crippen LogP contribution in [0.1, 0.15) is 21.8 Å². The summed E-state index contributed by atoms with van der Waals surface area (Å²) in [4.78, 5) is 35.1. The van der Waals surface area contributed by atoms with Crippen LogP contribution in [-0.2, 0) is 16.1 Å². The lowest BCUT2D eigenvalue weighted by molar-refractivity contribution is -0.116. The molecule has 3 heterocycles. The maximum atomic E-state index is 12.7. The standard InChI is InChI=1S/C27H24ClN5O4/c28-21-13-20(18-3-5-19(6-4-18)27(35)33-9-11-36-12-10-33)14-22-26(21)37-25(32-22)16-31-24(34)8-2-17-1-7-23(29)30-15-17/h1-8,13-15H,9-12,16H2,(H2,29,30)(H,31,34)/b8-2+. The Hall–Kier alpha value is -4.21. The van der Waals surface area contributed by atoms with Crippen molar-refractivity contribution in [1.29, 1.82) is 0 Å². The second kappa shape index (κ2) is 10.8. The molecule has 0 aliphatic carbocycles. The maximum absolute atomic E-state index is 12.7. The van der Waals surface area contributed by atoms with Crippen LogP contribution in [0.4, 0.5) is 5.82 Å². The van der Waals surface area contributed by atoms with Gasteiger partial charge in [0.05, 0.1) is 24.8 Å². The van der Waals surface area contributed by atoms with Gasteiger partial charge >= 0.3 is 0 Å². The van der Waals surface area contributed by atoms with Crippen molar-refractivity contribution in [2.75, 3.05) is 32.0 Å². The van der Waals surface area contributed by atoms with Gasteiger partial charge in [0.1, 0.15) is 11.3 Å². The van der Waals surface area contributed by atoms with Crippen molar-refractivity contribution in [2.24, 2.45) is 0 Å². The number of nitrogen functional groups attached to an aromatic ring is 1. The van der Waals surface area contributed by atoms with Gasteiger partial charge in [-0.1, -0.05) is 23.7 Å². The van der Waals surface area contributed by atoms with Gasteiger partial charge in [-0.05, 0) is 59.2 Å². The lowest BCUT2D eigenvalue weighted by atomic mass is 10.0. The number of morpholine rings is 1. The molecular weight excluding hydrogens is 494 g/mol. The third-order valence-corrected chi connectivity index (χ3v) is 6.18. The number of hydrogen-bond acceptors (Lipinski definition) is 7. The molecule has 1 aliphatic heterocycles. The number of carbonyl (C=O) groups excluding carboxylic acids is 2. The van der Waals surface area contributed by atoms with Gasteiger partial charge in [0.2, 0.25) is 11.8 Å². The number of ether oxygens (including phenoxy) is 1. The molecule has 1 saturated heterocycles. The van der Waals surface area contributed by atoms with Crippen LogP contribution in [0.25, 0.3) is 28.3 Å². The van der Waals surface area contributed by atoms with Gasteiger partial charge < -0.3 is 25.1 Å². The summed E-state index contributed by atoms with van der Waals surface area (Å²) in [5.41, 5.74) is 9.69. The first-order valence-corrected chi connectivity index (χ1v) is 12.1. The Labute approximate surface area is 217 Å². The number of carbonyl (C=O) groups is 2. The summed E-state index contributed by atoms with van der Waals surface area (Å²) < 4.78 is 11.1. The van der Waals surface area contributed by atoms with Crippen molar-refractivity contribution in [3.63, 3.8) is 0 Å². The smallest absolute Gasteiger partial charge is 0.254 e. The molecular formula is C27H24ClN5O4. The molecule has 5 rings (SSSR count). The van der Waals surface area contributed by atoms with Crippen LogP contribution in [0, 0.1) is 0 Å². The quantitative estimate of drug-likeness (QED) is 0.371. The van der Waals surface area contributed by atoms with Crippen LogP contribution in [-0.4, -0.2) is 53.0 Å². The van der Waals surface area contributed by atoms with E-state index in [1.807, 2.05) is 30.3 Å². The van der Waals surface area contributed by atoms with E-state index in [-0.39, 0.29) is 18.4 Å². The first kappa shape index (κ1) is 24.5. The molecule has 0 atom stereocenters. The normalized spacial score (nSPS) is 13.8. The van der Waals surface area contributed by atoms with E-state index in [1.54, 1.807) is 35.4 Å². The number of halogens is 1. The van der Waals surface area contributed by atoms with Crippen molar-refractivity contribution in [2.45, 2.75) is 6.54 Å². The molecule has 1 aliphatic rings. The largest absolute Gasteiger partial charge is 0.437 e. The van der Waals surface area contributed by atoms with Crippen molar-refractivity contribution in [3.8, 4) is 11.1 Å². The fourth-order valence-electron chi connectivity index (χ4n) is 3.94. The van der Waals surface area contributed by atoms with E-state index in [4.69, 9.17) is 26.5 Å². The first-order valence-electron chi connectivity index (χ1n) is 11.7. The highest BCUT2D eigenvalue weighted by Crippen LogP contribution is 2.31. The van der Waals surface area contributed by atoms with E-state index in [0.717, 1.165) is 16.7 Å². The molecule has 0 spiro atoms. The SMILES string of the molecule is Nc1ccc(/C=C/C(=O)NCc2nc3cc(-c4ccc(C(=O)N5CCOCC5)cc4)cc(Cl)c3o2)cn1. The summed E-state index contributed by atoms with van der Waals surface area (Å²) in [7, 11) is 0. The molecule has 37 heavy (non-hydrogen) atoms. The van der Waals surface area contributed by atoms with Crippen LogP contribution in [0.3, 0.4) is 0 Å². The zero-order valence-electron chi connectivity index (χ0n) is 19.8. The summed E-state index contributed by atoms with van der Waals surface area (Å²) in [6.45, 7) is 2.41. The minimum absolute atomic E-state index is 0.00787. The number of benzene rings is 2. The summed E-state index contributed by atoms with van der Waals surface area (Å²) in [6, 6.07) is 14.5. The minimum atomic E-state index is -0.308. The highest BCUT2D eigenvalue weighted by Gasteiger charge is 2.19. The number of hydrogen-bond donors (Lipinski definition) is 2. The van der Waals surface area contributed by atoms with E-state index < -0.39 is 0 Å². The highest BCUT2D eigenvalue weighted by molar-refractivity contribution is 6.35. The first-order chi connectivity index (χ1) is 18.0. The lowest BCUT2D eigenvalue weighted by Crippen LogP contribution is -2.40. The number of fused-ring (bicyclic) bond motifs is 1. The van der Waals surface area contributed by atoms with E-state index in [0.29, 0.717) is 59.7 Å². The fourth-order valence-corrected chi connectivity index (χ4v) is 4.20. The van der Waals surface area contributed by atoms with Crippen LogP contribution in [0.5, 0.6) is 0 Å². The number of aromatic nitrogens is 2. The number of nitrogens with zero attached hydrogens (tertiary/aromatic N) is 3. The average Bonchev–Trinajstić information content (AvgIpc) is 3.35. The molecule has 3 N–H and O–H groups in total. The number of nitrogens with one attached hydrogen (secondary N) is 1. The van der Waals surface area contributed by atoms with Gasteiger partial charge in [-0.15, -0.1) is 0 Å². The van der Waals surface area contributed by atoms with Crippen molar-refractivity contribution < 1.29 is 18.7 Å². The second-order valence-electron chi connectivity index (χ2n) is 8.46. The summed E-state index contributed by atoms with van der Waals surface area (Å²) >= 11 is 6.48. The third kappa shape index (κ3) is 5.79. The van der Waals surface area contributed by atoms with Gasteiger partial charge in [-0.25, -0.2) is 9.97 Å². The van der Waals surface area contributed by atoms with Crippen molar-refractivity contribution >= 4 is 46.4 Å². The van der Waals surface area contributed by atoms with Crippen LogP contribution in [0.15, 0.2) is 65.2 Å². The molecule has 2 amide bonds. The Morgan fingerprint density at radius 3 is 2.59 bits per heavy atom. The fraction of sp³-hybridized carbons (Fsp3) is 0.185. The number of rotatable bonds is 6. The van der Waals surface area contributed by atoms with Crippen LogP contribution < -0.4 is 11.1 Å². The monoisotopic (exact) mass is 517 g/mol. The van der Waals surface area contributed by atoms with Crippen LogP contribution >= 0.6 is 11.6 Å².